The van der Waals surface area contributed by atoms with E-state index < -0.39 is 23.8 Å². The van der Waals surface area contributed by atoms with Crippen LogP contribution in [-0.4, -0.2) is 56.8 Å². The van der Waals surface area contributed by atoms with Crippen LogP contribution < -0.4 is 19.9 Å². The molecule has 0 aliphatic carbocycles. The van der Waals surface area contributed by atoms with Gasteiger partial charge in [-0.2, -0.15) is 0 Å². The first-order valence-corrected chi connectivity index (χ1v) is 9.10. The van der Waals surface area contributed by atoms with Crippen molar-refractivity contribution >= 4 is 29.2 Å². The predicted octanol–water partition coefficient (Wildman–Crippen LogP) is 0.280. The van der Waals surface area contributed by atoms with E-state index in [9.17, 15) is 14.4 Å². The maximum absolute atomic E-state index is 13.0. The van der Waals surface area contributed by atoms with Crippen LogP contribution >= 0.6 is 0 Å². The number of anilines is 1. The van der Waals surface area contributed by atoms with E-state index in [1.54, 1.807) is 31.2 Å². The van der Waals surface area contributed by atoms with E-state index in [1.165, 1.54) is 12.0 Å². The Morgan fingerprint density at radius 3 is 2.52 bits per heavy atom. The summed E-state index contributed by atoms with van der Waals surface area (Å²) in [5.74, 6) is -2.02. The largest absolute Gasteiger partial charge is 0.495 e. The molecule has 1 aliphatic rings. The van der Waals surface area contributed by atoms with Crippen molar-refractivity contribution in [2.24, 2.45) is 10.9 Å². The molecule has 0 radical (unpaired) electrons. The number of quaternary nitrogens is 1. The third kappa shape index (κ3) is 4.51. The zero-order valence-corrected chi connectivity index (χ0v) is 16.2. The molecule has 1 saturated heterocycles. The summed E-state index contributed by atoms with van der Waals surface area (Å²) in [7, 11) is 1.45. The number of methoxy groups -OCH3 is 1. The van der Waals surface area contributed by atoms with Crippen molar-refractivity contribution in [2.75, 3.05) is 38.2 Å². The summed E-state index contributed by atoms with van der Waals surface area (Å²) in [6.45, 7) is 9.17. The molecule has 1 aromatic rings. The number of hydrogen-bond donors (Lipinski definition) is 2. The molecule has 0 saturated carbocycles. The molecule has 0 bridgehead atoms. The van der Waals surface area contributed by atoms with Crippen LogP contribution in [0.25, 0.3) is 0 Å². The summed E-state index contributed by atoms with van der Waals surface area (Å²) < 4.78 is 5.24. The summed E-state index contributed by atoms with van der Waals surface area (Å²) >= 11 is 0. The van der Waals surface area contributed by atoms with E-state index in [4.69, 9.17) is 4.74 Å². The van der Waals surface area contributed by atoms with Crippen LogP contribution in [0.1, 0.15) is 20.8 Å². The number of rotatable bonds is 8. The minimum atomic E-state index is -1.13. The first-order valence-electron chi connectivity index (χ1n) is 9.10. The number of carbonyl (C=O) groups is 3. The lowest BCUT2D eigenvalue weighted by Crippen LogP contribution is -3.11. The fraction of sp³-hybridized carbons (Fsp3) is 0.474. The molecule has 8 heteroatoms. The molecule has 1 aliphatic heterocycles. The lowest BCUT2D eigenvalue weighted by Gasteiger charge is -2.30. The third-order valence-corrected chi connectivity index (χ3v) is 4.73. The second kappa shape index (κ2) is 9.27. The Morgan fingerprint density at radius 2 is 1.89 bits per heavy atom. The molecule has 1 unspecified atom stereocenters. The van der Waals surface area contributed by atoms with E-state index >= 15 is 0 Å². The topological polar surface area (TPSA) is 92.5 Å². The average Bonchev–Trinajstić information content (AvgIpc) is 2.65. The number of amides is 4. The summed E-state index contributed by atoms with van der Waals surface area (Å²) in [5.41, 5.74) is 0.692. The maximum Gasteiger partial charge on any atom is 0.335 e. The molecular weight excluding hydrogens is 348 g/mol. The van der Waals surface area contributed by atoms with Gasteiger partial charge in [0, 0.05) is 5.71 Å². The smallest absolute Gasteiger partial charge is 0.335 e. The van der Waals surface area contributed by atoms with Gasteiger partial charge in [0.15, 0.2) is 5.92 Å². The van der Waals surface area contributed by atoms with Crippen LogP contribution in [-0.2, 0) is 9.59 Å². The Labute approximate surface area is 159 Å². The van der Waals surface area contributed by atoms with Crippen molar-refractivity contribution < 1.29 is 24.0 Å². The number of carbonyl (C=O) groups excluding carboxylic acids is 3. The van der Waals surface area contributed by atoms with E-state index in [-0.39, 0.29) is 0 Å². The zero-order valence-electron chi connectivity index (χ0n) is 16.2. The van der Waals surface area contributed by atoms with E-state index in [2.05, 4.69) is 24.2 Å². The number of barbiturate groups is 1. The van der Waals surface area contributed by atoms with Gasteiger partial charge in [0.05, 0.1) is 39.0 Å². The van der Waals surface area contributed by atoms with E-state index in [0.29, 0.717) is 23.7 Å². The van der Waals surface area contributed by atoms with Crippen molar-refractivity contribution in [2.45, 2.75) is 20.8 Å². The molecule has 2 N–H and O–H groups in total. The summed E-state index contributed by atoms with van der Waals surface area (Å²) in [6.07, 6.45) is 0. The standard InChI is InChI=1S/C19H26N4O4/c1-5-22(6-2)12-11-20-13(3)16-17(24)21-19(26)23(18(16)25)14-9-7-8-10-15(14)27-4/h7-10,16H,5-6,11-12H2,1-4H3,(H,21,24,26)/p+1. The van der Waals surface area contributed by atoms with Gasteiger partial charge < -0.3 is 9.64 Å². The van der Waals surface area contributed by atoms with Gasteiger partial charge >= 0.3 is 6.03 Å². The van der Waals surface area contributed by atoms with E-state index in [1.807, 2.05) is 0 Å². The van der Waals surface area contributed by atoms with Gasteiger partial charge in [-0.3, -0.25) is 19.9 Å². The summed E-state index contributed by atoms with van der Waals surface area (Å²) in [4.78, 5) is 44.3. The highest BCUT2D eigenvalue weighted by molar-refractivity contribution is 6.35. The Hall–Kier alpha value is -2.74. The van der Waals surface area contributed by atoms with Crippen LogP contribution in [0.3, 0.4) is 0 Å². The van der Waals surface area contributed by atoms with E-state index in [0.717, 1.165) is 24.5 Å². The number of para-hydroxylation sites is 2. The minimum Gasteiger partial charge on any atom is -0.495 e. The van der Waals surface area contributed by atoms with Gasteiger partial charge in [0.2, 0.25) is 5.91 Å². The number of hydrogen-bond acceptors (Lipinski definition) is 5. The fourth-order valence-corrected chi connectivity index (χ4v) is 3.07. The highest BCUT2D eigenvalue weighted by Crippen LogP contribution is 2.30. The first kappa shape index (κ1) is 20.6. The van der Waals surface area contributed by atoms with Gasteiger partial charge in [-0.15, -0.1) is 0 Å². The molecule has 1 heterocycles. The molecule has 1 fully saturated rings. The predicted molar refractivity (Wildman–Crippen MR) is 102 cm³/mol. The average molecular weight is 375 g/mol. The molecule has 1 atom stereocenters. The molecule has 0 spiro atoms. The molecule has 146 valence electrons. The molecule has 0 aromatic heterocycles. The van der Waals surface area contributed by atoms with Crippen LogP contribution in [0, 0.1) is 5.92 Å². The number of nitrogens with one attached hydrogen (secondary N) is 2. The van der Waals surface area contributed by atoms with Crippen LogP contribution in [0.4, 0.5) is 10.5 Å². The molecule has 4 amide bonds. The molecule has 1 aromatic carbocycles. The van der Waals surface area contributed by atoms with Gasteiger partial charge in [-0.25, -0.2) is 9.69 Å². The lowest BCUT2D eigenvalue weighted by molar-refractivity contribution is -0.894. The Kier molecular flexibility index (Phi) is 7.06. The highest BCUT2D eigenvalue weighted by atomic mass is 16.5. The van der Waals surface area contributed by atoms with Crippen molar-refractivity contribution in [3.05, 3.63) is 24.3 Å². The number of imide groups is 2. The van der Waals surface area contributed by atoms with Crippen LogP contribution in [0.2, 0.25) is 0 Å². The Balaban J connectivity index is 2.25. The van der Waals surface area contributed by atoms with Gasteiger partial charge in [-0.05, 0) is 32.9 Å². The number of ether oxygens (including phenoxy) is 1. The fourth-order valence-electron chi connectivity index (χ4n) is 3.07. The minimum absolute atomic E-state index is 0.292. The second-order valence-electron chi connectivity index (χ2n) is 6.30. The highest BCUT2D eigenvalue weighted by Gasteiger charge is 2.43. The van der Waals surface area contributed by atoms with Crippen molar-refractivity contribution in [1.29, 1.82) is 0 Å². The first-order chi connectivity index (χ1) is 12.9. The number of benzene rings is 1. The van der Waals surface area contributed by atoms with Crippen LogP contribution in [0.15, 0.2) is 29.3 Å². The SMILES string of the molecule is CC[NH+](CC)CCN=C(C)C1C(=O)NC(=O)N(c2ccccc2OC)C1=O. The zero-order chi connectivity index (χ0) is 20.0. The monoisotopic (exact) mass is 375 g/mol. The normalized spacial score (nSPS) is 18.1. The maximum atomic E-state index is 13.0. The molecule has 2 rings (SSSR count). The second-order valence-corrected chi connectivity index (χ2v) is 6.30. The molecular formula is C19H27N4O4+. The van der Waals surface area contributed by atoms with Crippen LogP contribution in [0.5, 0.6) is 5.75 Å². The Morgan fingerprint density at radius 1 is 1.22 bits per heavy atom. The number of urea groups is 1. The van der Waals surface area contributed by atoms with Gasteiger partial charge in [0.25, 0.3) is 5.91 Å². The Bertz CT molecular complexity index is 743. The van der Waals surface area contributed by atoms with Gasteiger partial charge in [0.1, 0.15) is 5.75 Å². The lowest BCUT2D eigenvalue weighted by atomic mass is 9.99. The third-order valence-electron chi connectivity index (χ3n) is 4.73. The summed E-state index contributed by atoms with van der Waals surface area (Å²) in [5, 5.41) is 2.25. The number of nitrogens with zero attached hydrogens (tertiary/aromatic N) is 2. The van der Waals surface area contributed by atoms with Crippen molar-refractivity contribution in [3.8, 4) is 5.75 Å². The number of aliphatic imine (C=N–C) groups is 1. The van der Waals surface area contributed by atoms with Crippen molar-refractivity contribution in [1.82, 2.24) is 5.32 Å². The number of likely N-dealkylation sites (N-methyl/N-ethyl adjacent to an activating group) is 1. The molecule has 27 heavy (non-hydrogen) atoms. The quantitative estimate of drug-likeness (QED) is 0.504. The summed E-state index contributed by atoms with van der Waals surface area (Å²) in [6, 6.07) is 5.89. The van der Waals surface area contributed by atoms with Crippen molar-refractivity contribution in [3.63, 3.8) is 0 Å². The van der Waals surface area contributed by atoms with Gasteiger partial charge in [-0.1, -0.05) is 12.1 Å². The molecule has 8 nitrogen and oxygen atoms in total.